The highest BCUT2D eigenvalue weighted by molar-refractivity contribution is 7.86. The number of esters is 5. The first-order valence-electron chi connectivity index (χ1n) is 32.5. The Hall–Kier alpha value is -6.02. The number of hydrogen-bond donors (Lipinski definition) is 1. The van der Waals surface area contributed by atoms with E-state index in [9.17, 15) is 45.7 Å². The third-order valence-corrected chi connectivity index (χ3v) is 24.5. The summed E-state index contributed by atoms with van der Waals surface area (Å²) in [5.41, 5.74) is -2.46. The number of hydrogen-bond acceptors (Lipinski definition) is 15. The number of benzene rings is 4. The van der Waals surface area contributed by atoms with Crippen molar-refractivity contribution >= 4 is 70.6 Å². The van der Waals surface area contributed by atoms with Crippen LogP contribution >= 0.6 is 10.5 Å². The lowest BCUT2D eigenvalue weighted by atomic mass is 9.65. The summed E-state index contributed by atoms with van der Waals surface area (Å²) >= 11 is 0. The predicted octanol–water partition coefficient (Wildman–Crippen LogP) is 15.8. The second-order valence-electron chi connectivity index (χ2n) is 28.4. The first-order chi connectivity index (χ1) is 42.6. The molecule has 4 aromatic carbocycles. The molecule has 4 aliphatic carbocycles. The number of halogens is 2. The molecule has 5 aromatic rings. The number of rotatable bonds is 16. The fraction of sp³-hybridized carbons (Fsp3) is 0.597. The van der Waals surface area contributed by atoms with E-state index in [0.29, 0.717) is 37.9 Å². The number of carbonyl (C=O) groups excluding carboxylic acids is 5. The molecule has 0 amide bonds. The largest absolute Gasteiger partial charge is 0.743 e. The minimum atomic E-state index is -5.86. The van der Waals surface area contributed by atoms with Crippen LogP contribution in [0.5, 0.6) is 11.5 Å². The molecular formula is C72H94F2O15S2. The zero-order valence-corrected chi connectivity index (χ0v) is 56.9. The average Bonchev–Trinajstić information content (AvgIpc) is 1.55. The molecular weight excluding hydrogens is 1210 g/mol. The Morgan fingerprint density at radius 1 is 0.659 bits per heavy atom. The molecule has 1 N–H and O–H groups in total. The molecule has 7 fully saturated rings. The van der Waals surface area contributed by atoms with Crippen LogP contribution in [0, 0.1) is 63.1 Å². The van der Waals surface area contributed by atoms with Gasteiger partial charge in [0.05, 0.1) is 33.7 Å². The monoisotopic (exact) mass is 1300 g/mol. The highest BCUT2D eigenvalue weighted by Crippen LogP contribution is 2.71. The van der Waals surface area contributed by atoms with Crippen molar-refractivity contribution in [2.75, 3.05) is 0 Å². The standard InChI is InChI=1S/C20H32O2.C18H13S.C13H18O5.C12H16O3.C9H16F2O5S/c1-5-19(3,4)18(21)22-20(6-2)11-14-10-15(20)17-13-8-7-12(9-13)16(14)17;1-2-8-14(9-3-1)19-17-12-6-4-10-15(17)16-11-5-7-13-18(16)19;1-4-13(2,3)12(15)18-9-7-5-6-8(16-7)10(9)17-11(6)14;1-4-12(2,3)11(14)15-10-7-5-9(13)6-8-10;1-5-8(3,4)7(12)16-6(2)9(10,11)17(13,14)15/h12-17H,5-11H2,1-4H3;1-13H;6-10H,4-5H2,1-3H3;5-8,13H,4H2,1-3H3;6H,5H2,1-4H3,(H,13,14,15)/q;+1;;;/p-1. The van der Waals surface area contributed by atoms with Gasteiger partial charge in [-0.3, -0.25) is 24.0 Å². The summed E-state index contributed by atoms with van der Waals surface area (Å²) in [6.07, 6.45) is 7.66. The summed E-state index contributed by atoms with van der Waals surface area (Å²) < 4.78 is 92.1. The van der Waals surface area contributed by atoms with Crippen molar-refractivity contribution in [2.24, 2.45) is 63.1 Å². The Morgan fingerprint density at radius 3 is 1.70 bits per heavy atom. The van der Waals surface area contributed by atoms with Crippen molar-refractivity contribution < 1.29 is 79.3 Å². The number of aromatic hydroxyl groups is 1. The molecule has 3 saturated heterocycles. The van der Waals surface area contributed by atoms with Crippen LogP contribution in [0.4, 0.5) is 8.78 Å². The van der Waals surface area contributed by atoms with Gasteiger partial charge >= 0.3 is 35.1 Å². The predicted molar refractivity (Wildman–Crippen MR) is 345 cm³/mol. The maximum absolute atomic E-state index is 13.0. The maximum Gasteiger partial charge on any atom is 0.369 e. The van der Waals surface area contributed by atoms with Crippen LogP contribution in [-0.2, 0) is 57.8 Å². The molecule has 4 heterocycles. The molecule has 7 aliphatic rings. The van der Waals surface area contributed by atoms with Gasteiger partial charge in [0.2, 0.25) is 0 Å². The van der Waals surface area contributed by atoms with E-state index in [1.165, 1.54) is 76.7 Å². The molecule has 1 aromatic heterocycles. The van der Waals surface area contributed by atoms with Crippen LogP contribution in [0.25, 0.3) is 25.1 Å². The minimum Gasteiger partial charge on any atom is -0.743 e. The first-order valence-corrected chi connectivity index (χ1v) is 35.1. The van der Waals surface area contributed by atoms with Gasteiger partial charge in [-0.2, -0.15) is 8.78 Å². The van der Waals surface area contributed by atoms with Gasteiger partial charge in [-0.05, 0) is 223 Å². The molecule has 498 valence electrons. The molecule has 0 spiro atoms. The number of carbonyl (C=O) groups is 5. The van der Waals surface area contributed by atoms with E-state index in [1.807, 2.05) is 55.4 Å². The number of thiophene rings is 1. The molecule has 12 rings (SSSR count). The van der Waals surface area contributed by atoms with Gasteiger partial charge in [0.1, 0.15) is 23.2 Å². The average molecular weight is 1300 g/mol. The van der Waals surface area contributed by atoms with Crippen molar-refractivity contribution in [3.63, 3.8) is 0 Å². The highest BCUT2D eigenvalue weighted by Gasteiger charge is 2.68. The summed E-state index contributed by atoms with van der Waals surface area (Å²) in [5.74, 6) is 4.19. The van der Waals surface area contributed by atoms with Crippen molar-refractivity contribution in [3.05, 3.63) is 103 Å². The molecule has 15 nitrogen and oxygen atoms in total. The van der Waals surface area contributed by atoms with Crippen molar-refractivity contribution in [3.8, 4) is 16.4 Å². The van der Waals surface area contributed by atoms with E-state index in [-0.39, 0.29) is 69.2 Å². The molecule has 13 unspecified atom stereocenters. The Bertz CT molecular complexity index is 3470. The van der Waals surface area contributed by atoms with Gasteiger partial charge in [-0.15, -0.1) is 0 Å². The highest BCUT2D eigenvalue weighted by atomic mass is 32.2. The smallest absolute Gasteiger partial charge is 0.369 e. The Labute approximate surface area is 538 Å². The lowest BCUT2D eigenvalue weighted by Crippen LogP contribution is -2.49. The van der Waals surface area contributed by atoms with E-state index in [2.05, 4.69) is 97.4 Å². The number of phenols is 1. The summed E-state index contributed by atoms with van der Waals surface area (Å²) in [5, 5.41) is 7.21. The van der Waals surface area contributed by atoms with Gasteiger partial charge in [0.25, 0.3) is 0 Å². The van der Waals surface area contributed by atoms with Crippen molar-refractivity contribution in [1.29, 1.82) is 0 Å². The lowest BCUT2D eigenvalue weighted by molar-refractivity contribution is -0.183. The van der Waals surface area contributed by atoms with Crippen LogP contribution in [-0.4, -0.2) is 89.3 Å². The van der Waals surface area contributed by atoms with E-state index in [1.54, 1.807) is 19.1 Å². The molecule has 4 saturated carbocycles. The SMILES string of the molecule is CCC(C)(C)C(=O)OC(C)C(F)(F)S(=O)(=O)[O-].CCC(C)(C)C(=O)OC1(CC)CC2CC1C1C3CCC(C3)C21.CCC(C)(C)C(=O)OC1C2CC3C(=O)OC1C3O2.CCC(C)(C)C(=O)Oc1ccc(O)cc1.c1ccc(-[s+]2c3ccccc3c3ccccc32)cc1. The van der Waals surface area contributed by atoms with Crippen molar-refractivity contribution in [2.45, 2.75) is 209 Å². The molecule has 91 heavy (non-hydrogen) atoms. The third-order valence-electron chi connectivity index (χ3n) is 21.2. The van der Waals surface area contributed by atoms with E-state index < -0.39 is 55.9 Å². The van der Waals surface area contributed by atoms with Gasteiger partial charge in [-0.1, -0.05) is 77.1 Å². The third kappa shape index (κ3) is 14.5. The number of alkyl halides is 2. The number of phenolic OH excluding ortho intramolecular Hbond substituents is 1. The van der Waals surface area contributed by atoms with Crippen LogP contribution < -0.4 is 4.74 Å². The molecule has 3 aliphatic heterocycles. The zero-order chi connectivity index (χ0) is 67.0. The summed E-state index contributed by atoms with van der Waals surface area (Å²) in [6, 6.07) is 34.5. The fourth-order valence-electron chi connectivity index (χ4n) is 13.9. The Balaban J connectivity index is 0.000000148. The van der Waals surface area contributed by atoms with E-state index >= 15 is 0 Å². The minimum absolute atomic E-state index is 0.0455. The summed E-state index contributed by atoms with van der Waals surface area (Å²) in [6.45, 7) is 24.9. The molecule has 0 radical (unpaired) electrons. The van der Waals surface area contributed by atoms with Gasteiger partial charge in [-0.25, -0.2) is 8.42 Å². The molecule has 19 heteroatoms. The fourth-order valence-corrected chi connectivity index (χ4v) is 16.7. The quantitative estimate of drug-likeness (QED) is 0.0243. The van der Waals surface area contributed by atoms with Crippen molar-refractivity contribution in [1.82, 2.24) is 0 Å². The van der Waals surface area contributed by atoms with E-state index in [4.69, 9.17) is 28.8 Å². The second-order valence-corrected chi connectivity index (χ2v) is 31.8. The Kier molecular flexibility index (Phi) is 21.4. The lowest BCUT2D eigenvalue weighted by Gasteiger charge is -2.46. The van der Waals surface area contributed by atoms with Gasteiger partial charge in [0, 0.05) is 27.2 Å². The van der Waals surface area contributed by atoms with Crippen LogP contribution in [0.1, 0.15) is 168 Å². The van der Waals surface area contributed by atoms with Gasteiger partial charge < -0.3 is 38.1 Å². The van der Waals surface area contributed by atoms with E-state index in [0.717, 1.165) is 55.3 Å². The first kappa shape index (κ1) is 70.8. The van der Waals surface area contributed by atoms with Crippen LogP contribution in [0.2, 0.25) is 0 Å². The normalized spacial score (nSPS) is 27.0. The summed E-state index contributed by atoms with van der Waals surface area (Å²) in [7, 11) is -5.80. The topological polar surface area (TPSA) is 218 Å². The maximum atomic E-state index is 13.0. The second kappa shape index (κ2) is 27.5. The van der Waals surface area contributed by atoms with Crippen LogP contribution in [0.3, 0.4) is 0 Å². The number of ether oxygens (including phenoxy) is 6. The summed E-state index contributed by atoms with van der Waals surface area (Å²) in [4.78, 5) is 60.8. The molecule has 13 atom stereocenters. The molecule has 6 bridgehead atoms. The van der Waals surface area contributed by atoms with Crippen LogP contribution in [0.15, 0.2) is 103 Å². The zero-order valence-electron chi connectivity index (χ0n) is 55.3. The van der Waals surface area contributed by atoms with Gasteiger partial charge in [0.15, 0.2) is 42.7 Å². The number of fused-ring (bicyclic) bond motifs is 13. The Morgan fingerprint density at radius 2 is 1.16 bits per heavy atom.